The largest absolute Gasteiger partial charge is 2.00 e. The monoisotopic (exact) mass is 709 g/mol. The van der Waals surface area contributed by atoms with Crippen LogP contribution in [0.25, 0.3) is 0 Å². The van der Waals surface area contributed by atoms with Gasteiger partial charge in [-0.1, -0.05) is 26.5 Å². The van der Waals surface area contributed by atoms with E-state index in [9.17, 15) is 34.8 Å². The van der Waals surface area contributed by atoms with Gasteiger partial charge < -0.3 is 35.3 Å². The second-order valence-electron chi connectivity index (χ2n) is 11.3. The molecule has 5 heterocycles. The van der Waals surface area contributed by atoms with E-state index in [-0.39, 0.29) is 115 Å². The van der Waals surface area contributed by atoms with Crippen LogP contribution in [0.1, 0.15) is 53.4 Å². The second kappa shape index (κ2) is 15.4. The molecule has 5 aliphatic rings. The molecular formula is C34H31CuKN4O7. The zero-order chi connectivity index (χ0) is 32.7. The summed E-state index contributed by atoms with van der Waals surface area (Å²) in [7, 11) is 0. The molecule has 0 aliphatic carbocycles. The third-order valence-corrected chi connectivity index (χ3v) is 8.75. The van der Waals surface area contributed by atoms with E-state index in [1.54, 1.807) is 31.2 Å². The SMILES string of the molecule is C=CC1=C(C)C2=NC1=CC1=NC(=C(CC)/C1=C/[O-])C=C1N=C(C(CC(=O)[O-])=C3NC(=C2)[C@@H](C)[C@@H]3CCC(=O)[O-])C(C(=O)O)=C1C.[Cu+2].[K+]. The first-order valence-corrected chi connectivity index (χ1v) is 14.6. The van der Waals surface area contributed by atoms with Crippen molar-refractivity contribution in [3.8, 4) is 0 Å². The molecule has 11 nitrogen and oxygen atoms in total. The molecule has 0 aromatic rings. The minimum absolute atomic E-state index is 0. The fourth-order valence-electron chi connectivity index (χ4n) is 6.40. The predicted octanol–water partition coefficient (Wildman–Crippen LogP) is -1.39. The molecule has 0 aromatic heterocycles. The Hall–Kier alpha value is -3.16. The fourth-order valence-corrected chi connectivity index (χ4v) is 6.40. The van der Waals surface area contributed by atoms with Crippen LogP contribution in [0.15, 0.2) is 120 Å². The van der Waals surface area contributed by atoms with Crippen LogP contribution < -0.4 is 72.0 Å². The Balaban J connectivity index is 0.00000300. The number of carbonyl (C=O) groups excluding carboxylic acids is 2. The van der Waals surface area contributed by atoms with Gasteiger partial charge in [-0.25, -0.2) is 19.8 Å². The molecule has 8 bridgehead atoms. The van der Waals surface area contributed by atoms with Crippen LogP contribution >= 0.6 is 0 Å². The maximum Gasteiger partial charge on any atom is 2.00 e. The number of hydrogen-bond donors (Lipinski definition) is 2. The summed E-state index contributed by atoms with van der Waals surface area (Å²) >= 11 is 0. The number of aliphatic imine (C=N–C) groups is 3. The molecule has 2 N–H and O–H groups in total. The number of nitrogens with zero attached hydrogens (tertiary/aromatic N) is 3. The third-order valence-electron chi connectivity index (χ3n) is 8.75. The van der Waals surface area contributed by atoms with Gasteiger partial charge in [0.25, 0.3) is 0 Å². The van der Waals surface area contributed by atoms with Crippen molar-refractivity contribution in [2.75, 3.05) is 0 Å². The van der Waals surface area contributed by atoms with E-state index in [0.717, 1.165) is 17.4 Å². The van der Waals surface area contributed by atoms with Crippen LogP contribution in [0.2, 0.25) is 0 Å². The van der Waals surface area contributed by atoms with Gasteiger partial charge in [0, 0.05) is 52.7 Å². The molecule has 0 unspecified atom stereocenters. The van der Waals surface area contributed by atoms with Gasteiger partial charge >= 0.3 is 74.4 Å². The van der Waals surface area contributed by atoms with Crippen molar-refractivity contribution in [3.63, 3.8) is 0 Å². The molecule has 1 saturated heterocycles. The van der Waals surface area contributed by atoms with Crippen LogP contribution in [-0.4, -0.2) is 40.1 Å². The number of carboxylic acid groups (broad SMARTS) is 3. The molecular weight excluding hydrogens is 679 g/mol. The summed E-state index contributed by atoms with van der Waals surface area (Å²) in [6.45, 7) is 11.1. The summed E-state index contributed by atoms with van der Waals surface area (Å²) < 4.78 is 0. The zero-order valence-corrected chi connectivity index (χ0v) is 30.7. The summed E-state index contributed by atoms with van der Waals surface area (Å²) in [6.07, 6.45) is 7.07. The number of allylic oxidation sites excluding steroid dienone is 10. The van der Waals surface area contributed by atoms with E-state index < -0.39 is 30.2 Å². The van der Waals surface area contributed by atoms with Gasteiger partial charge in [0.15, 0.2) is 0 Å². The molecule has 0 amide bonds. The minimum Gasteiger partial charge on any atom is -0.877 e. The first-order valence-electron chi connectivity index (χ1n) is 14.6. The number of aliphatic carboxylic acids is 3. The molecule has 0 saturated carbocycles. The summed E-state index contributed by atoms with van der Waals surface area (Å²) in [5, 5.41) is 49.6. The average molecular weight is 710 g/mol. The molecule has 1 fully saturated rings. The van der Waals surface area contributed by atoms with Gasteiger partial charge in [0.05, 0.1) is 39.8 Å². The van der Waals surface area contributed by atoms with E-state index >= 15 is 0 Å². The maximum atomic E-state index is 12.6. The second-order valence-corrected chi connectivity index (χ2v) is 11.3. The molecule has 0 spiro atoms. The Morgan fingerprint density at radius 2 is 1.70 bits per heavy atom. The Kier molecular flexibility index (Phi) is 12.5. The van der Waals surface area contributed by atoms with Crippen molar-refractivity contribution < 1.29 is 103 Å². The Morgan fingerprint density at radius 1 is 1.00 bits per heavy atom. The molecule has 47 heavy (non-hydrogen) atoms. The van der Waals surface area contributed by atoms with Crippen LogP contribution in [0.3, 0.4) is 0 Å². The first-order chi connectivity index (χ1) is 21.4. The van der Waals surface area contributed by atoms with Crippen LogP contribution in [-0.2, 0) is 31.5 Å². The van der Waals surface area contributed by atoms with Crippen molar-refractivity contribution in [1.29, 1.82) is 0 Å². The van der Waals surface area contributed by atoms with E-state index in [1.165, 1.54) is 0 Å². The van der Waals surface area contributed by atoms with Gasteiger partial charge in [-0.05, 0) is 73.6 Å². The molecule has 1 radical (unpaired) electrons. The Labute approximate surface area is 325 Å². The van der Waals surface area contributed by atoms with Gasteiger partial charge in [-0.15, -0.1) is 6.26 Å². The zero-order valence-electron chi connectivity index (χ0n) is 26.6. The molecule has 5 rings (SSSR count). The number of fused-ring (bicyclic) bond motifs is 5. The van der Waals surface area contributed by atoms with Crippen LogP contribution in [0.5, 0.6) is 0 Å². The van der Waals surface area contributed by atoms with Crippen molar-refractivity contribution >= 4 is 35.0 Å². The Morgan fingerprint density at radius 3 is 2.28 bits per heavy atom. The quantitative estimate of drug-likeness (QED) is 0.228. The van der Waals surface area contributed by atoms with Crippen molar-refractivity contribution in [2.24, 2.45) is 26.8 Å². The summed E-state index contributed by atoms with van der Waals surface area (Å²) in [4.78, 5) is 50.5. The fraction of sp³-hybridized carbons (Fsp3) is 0.294. The topological polar surface area (TPSA) is 190 Å². The van der Waals surface area contributed by atoms with Crippen molar-refractivity contribution in [3.05, 3.63) is 105 Å². The van der Waals surface area contributed by atoms with Crippen LogP contribution in [0, 0.1) is 11.8 Å². The average Bonchev–Trinajstić information content (AvgIpc) is 3.67. The first kappa shape index (κ1) is 38.3. The Bertz CT molecular complexity index is 1830. The van der Waals surface area contributed by atoms with Gasteiger partial charge in [-0.2, -0.15) is 0 Å². The minimum atomic E-state index is -1.46. The maximum absolute atomic E-state index is 12.6. The summed E-state index contributed by atoms with van der Waals surface area (Å²) in [5.41, 5.74) is 5.79. The van der Waals surface area contributed by atoms with Gasteiger partial charge in [-0.3, -0.25) is 0 Å². The predicted molar refractivity (Wildman–Crippen MR) is 162 cm³/mol. The molecule has 13 heteroatoms. The van der Waals surface area contributed by atoms with Crippen molar-refractivity contribution in [1.82, 2.24) is 5.32 Å². The van der Waals surface area contributed by atoms with Crippen molar-refractivity contribution in [2.45, 2.75) is 53.4 Å². The van der Waals surface area contributed by atoms with Gasteiger partial charge in [0.2, 0.25) is 0 Å². The molecule has 5 aliphatic heterocycles. The van der Waals surface area contributed by atoms with E-state index in [2.05, 4.69) is 16.9 Å². The van der Waals surface area contributed by atoms with E-state index in [4.69, 9.17) is 9.98 Å². The number of carboxylic acids is 3. The standard InChI is InChI=1S/C34H34N4O7.Cu.K/c1-6-18-15(3)23-11-24-16(4)20(8-9-29(40)41)32(37-24)21(10-30(42)43)33-31(34(44)45)17(5)25(38-33)12-27-19(7-2)22(14-39)28(36-27)13-26(18)35-23;;/h6,11-14,16,20,37,39H,1,7-10H2,2-5H3,(H,40,41)(H,42,43)(H,44,45);;/q;+2;+1/p-3/b22-14-,24-11?,25-12?,26-13?,32-21?;;/t16-,20-;;/m0../s1. The normalized spacial score (nSPS) is 22.5. The van der Waals surface area contributed by atoms with Crippen LogP contribution in [0.4, 0.5) is 0 Å². The molecule has 0 aromatic carbocycles. The number of carbonyl (C=O) groups is 3. The number of hydrogen-bond acceptors (Lipinski definition) is 10. The summed E-state index contributed by atoms with van der Waals surface area (Å²) in [5.74, 6) is -4.92. The van der Waals surface area contributed by atoms with E-state index in [1.807, 2.05) is 20.8 Å². The molecule has 241 valence electrons. The number of rotatable bonds is 8. The molecule has 2 atom stereocenters. The summed E-state index contributed by atoms with van der Waals surface area (Å²) in [6, 6.07) is 0. The third kappa shape index (κ3) is 7.17. The van der Waals surface area contributed by atoms with E-state index in [0.29, 0.717) is 51.8 Å². The number of nitrogens with one attached hydrogen (secondary N) is 1. The van der Waals surface area contributed by atoms with Gasteiger partial charge in [0.1, 0.15) is 0 Å². The smallest absolute Gasteiger partial charge is 0.877 e.